The molecule has 206 valence electrons. The maximum atomic E-state index is 15.7. The SMILES string of the molecule is CC(C)(C)C[C@@H]1N[C@H](OC(=O)Nc2cnc(C#N)nc2)[C@H](c2cccc(Cl)c2F)[C@]12C(=O)Nc1cc(Cl)ccc12. The molecule has 2 aromatic carbocycles. The van der Waals surface area contributed by atoms with Gasteiger partial charge in [0.15, 0.2) is 6.23 Å². The molecule has 0 radical (unpaired) electrons. The van der Waals surface area contributed by atoms with E-state index in [1.165, 1.54) is 18.5 Å². The Labute approximate surface area is 240 Å². The third-order valence-electron chi connectivity index (χ3n) is 7.12. The van der Waals surface area contributed by atoms with E-state index in [1.54, 1.807) is 36.4 Å². The highest BCUT2D eigenvalue weighted by Gasteiger charge is 2.66. The molecular formula is C28H25Cl2FN6O3. The summed E-state index contributed by atoms with van der Waals surface area (Å²) < 4.78 is 21.6. The first kappa shape index (κ1) is 27.8. The molecule has 1 aromatic heterocycles. The number of amides is 2. The summed E-state index contributed by atoms with van der Waals surface area (Å²) in [6, 6.07) is 10.8. The Morgan fingerprint density at radius 3 is 2.62 bits per heavy atom. The summed E-state index contributed by atoms with van der Waals surface area (Å²) in [5.74, 6) is -2.16. The van der Waals surface area contributed by atoms with Crippen LogP contribution in [-0.4, -0.2) is 34.2 Å². The second-order valence-electron chi connectivity index (χ2n) is 11.0. The number of rotatable bonds is 4. The molecule has 1 fully saturated rings. The van der Waals surface area contributed by atoms with Crippen LogP contribution in [0, 0.1) is 22.6 Å². The predicted octanol–water partition coefficient (Wildman–Crippen LogP) is 5.75. The standard InChI is InChI=1S/C28H25Cl2FN6O3/c1-27(2,3)10-20-28(17-8-7-14(29)9-19(17)36-25(28)38)22(16-5-4-6-18(30)23(16)31)24(37-20)40-26(39)35-15-12-33-21(11-32)34-13-15/h4-9,12-13,20,22,24,37H,10H2,1-3H3,(H,35,39)(H,36,38)/t20-,22-,24+,28+/m0/s1. The van der Waals surface area contributed by atoms with E-state index in [9.17, 15) is 9.59 Å². The van der Waals surface area contributed by atoms with Gasteiger partial charge in [-0.1, -0.05) is 62.2 Å². The van der Waals surface area contributed by atoms with Crippen LogP contribution in [0.1, 0.15) is 50.1 Å². The van der Waals surface area contributed by atoms with Crippen molar-refractivity contribution in [1.29, 1.82) is 5.26 Å². The first-order valence-corrected chi connectivity index (χ1v) is 13.2. The van der Waals surface area contributed by atoms with E-state index in [-0.39, 0.29) is 33.4 Å². The van der Waals surface area contributed by atoms with Crippen molar-refractivity contribution in [2.24, 2.45) is 5.41 Å². The fraction of sp³-hybridized carbons (Fsp3) is 0.321. The summed E-state index contributed by atoms with van der Waals surface area (Å²) in [5, 5.41) is 18.0. The molecule has 1 saturated heterocycles. The average molecular weight is 583 g/mol. The third-order valence-corrected chi connectivity index (χ3v) is 7.65. The third kappa shape index (κ3) is 4.85. The highest BCUT2D eigenvalue weighted by Crippen LogP contribution is 2.57. The number of carbonyl (C=O) groups excluding carboxylic acids is 2. The maximum Gasteiger partial charge on any atom is 0.413 e. The van der Waals surface area contributed by atoms with Crippen LogP contribution in [0.3, 0.4) is 0 Å². The minimum Gasteiger partial charge on any atom is -0.429 e. The van der Waals surface area contributed by atoms with Crippen LogP contribution in [0.25, 0.3) is 0 Å². The second-order valence-corrected chi connectivity index (χ2v) is 11.8. The van der Waals surface area contributed by atoms with Crippen LogP contribution in [0.5, 0.6) is 0 Å². The van der Waals surface area contributed by atoms with Crippen LogP contribution in [0.4, 0.5) is 20.6 Å². The monoisotopic (exact) mass is 582 g/mol. The minimum atomic E-state index is -1.37. The van der Waals surface area contributed by atoms with Gasteiger partial charge in [0.1, 0.15) is 17.3 Å². The van der Waals surface area contributed by atoms with Gasteiger partial charge in [-0.05, 0) is 41.2 Å². The van der Waals surface area contributed by atoms with Crippen LogP contribution < -0.4 is 16.0 Å². The van der Waals surface area contributed by atoms with Crippen molar-refractivity contribution in [3.63, 3.8) is 0 Å². The number of nitriles is 1. The molecule has 2 aliphatic heterocycles. The molecule has 9 nitrogen and oxygen atoms in total. The number of carbonyl (C=O) groups is 2. The first-order valence-electron chi connectivity index (χ1n) is 12.5. The zero-order valence-electron chi connectivity index (χ0n) is 21.8. The molecule has 3 heterocycles. The lowest BCUT2D eigenvalue weighted by molar-refractivity contribution is -0.122. The van der Waals surface area contributed by atoms with Crippen molar-refractivity contribution in [1.82, 2.24) is 15.3 Å². The van der Waals surface area contributed by atoms with Gasteiger partial charge >= 0.3 is 6.09 Å². The summed E-state index contributed by atoms with van der Waals surface area (Å²) in [6.07, 6.45) is 0.965. The topological polar surface area (TPSA) is 129 Å². The number of fused-ring (bicyclic) bond motifs is 2. The number of nitrogens with zero attached hydrogens (tertiary/aromatic N) is 3. The van der Waals surface area contributed by atoms with Gasteiger partial charge in [0, 0.05) is 16.8 Å². The highest BCUT2D eigenvalue weighted by atomic mass is 35.5. The Balaban J connectivity index is 1.63. The van der Waals surface area contributed by atoms with Crippen molar-refractivity contribution < 1.29 is 18.7 Å². The van der Waals surface area contributed by atoms with E-state index in [4.69, 9.17) is 33.2 Å². The van der Waals surface area contributed by atoms with E-state index in [0.29, 0.717) is 22.7 Å². The second kappa shape index (κ2) is 10.3. The van der Waals surface area contributed by atoms with E-state index in [1.807, 2.05) is 20.8 Å². The number of benzene rings is 2. The maximum absolute atomic E-state index is 15.7. The Bertz CT molecular complexity index is 1540. The molecule has 40 heavy (non-hydrogen) atoms. The van der Waals surface area contributed by atoms with Gasteiger partial charge in [0.2, 0.25) is 11.7 Å². The van der Waals surface area contributed by atoms with Crippen molar-refractivity contribution in [3.8, 4) is 6.07 Å². The zero-order valence-corrected chi connectivity index (χ0v) is 23.3. The lowest BCUT2D eigenvalue weighted by Gasteiger charge is -2.37. The van der Waals surface area contributed by atoms with Crippen molar-refractivity contribution in [3.05, 3.63) is 81.6 Å². The quantitative estimate of drug-likeness (QED) is 0.357. The molecule has 0 aliphatic carbocycles. The molecule has 12 heteroatoms. The lowest BCUT2D eigenvalue weighted by atomic mass is 9.63. The number of hydrogen-bond acceptors (Lipinski definition) is 7. The summed E-state index contributed by atoms with van der Waals surface area (Å²) in [5.41, 5.74) is -0.221. The van der Waals surface area contributed by atoms with Crippen LogP contribution in [-0.2, 0) is 14.9 Å². The average Bonchev–Trinajstić information content (AvgIpc) is 3.34. The Morgan fingerprint density at radius 2 is 1.95 bits per heavy atom. The fourth-order valence-corrected chi connectivity index (χ4v) is 6.04. The Hall–Kier alpha value is -3.78. The van der Waals surface area contributed by atoms with Gasteiger partial charge in [-0.2, -0.15) is 5.26 Å². The van der Waals surface area contributed by atoms with Crippen LogP contribution in [0.15, 0.2) is 48.8 Å². The van der Waals surface area contributed by atoms with Crippen LogP contribution >= 0.6 is 23.2 Å². The number of ether oxygens (including phenoxy) is 1. The van der Waals surface area contributed by atoms with Crippen molar-refractivity contribution in [2.75, 3.05) is 10.6 Å². The van der Waals surface area contributed by atoms with Gasteiger partial charge in [0.05, 0.1) is 29.0 Å². The molecule has 0 unspecified atom stereocenters. The molecule has 2 aliphatic rings. The predicted molar refractivity (Wildman–Crippen MR) is 148 cm³/mol. The molecule has 3 aromatic rings. The van der Waals surface area contributed by atoms with E-state index < -0.39 is 35.5 Å². The number of hydrogen-bond donors (Lipinski definition) is 3. The van der Waals surface area contributed by atoms with Crippen molar-refractivity contribution in [2.45, 2.75) is 50.8 Å². The number of aromatic nitrogens is 2. The van der Waals surface area contributed by atoms with Gasteiger partial charge in [-0.25, -0.2) is 19.2 Å². The van der Waals surface area contributed by atoms with E-state index in [0.717, 1.165) is 0 Å². The van der Waals surface area contributed by atoms with Gasteiger partial charge in [0.25, 0.3) is 0 Å². The molecule has 2 amide bonds. The largest absolute Gasteiger partial charge is 0.429 e. The Morgan fingerprint density at radius 1 is 1.23 bits per heavy atom. The lowest BCUT2D eigenvalue weighted by Crippen LogP contribution is -2.49. The van der Waals surface area contributed by atoms with E-state index >= 15 is 4.39 Å². The molecular weight excluding hydrogens is 558 g/mol. The normalized spacial score (nSPS) is 23.4. The van der Waals surface area contributed by atoms with Gasteiger partial charge < -0.3 is 10.1 Å². The smallest absolute Gasteiger partial charge is 0.413 e. The summed E-state index contributed by atoms with van der Waals surface area (Å²) in [6.45, 7) is 6.08. The number of anilines is 2. The van der Waals surface area contributed by atoms with Crippen LogP contribution in [0.2, 0.25) is 10.0 Å². The number of halogens is 3. The van der Waals surface area contributed by atoms with Gasteiger partial charge in [-0.15, -0.1) is 0 Å². The molecule has 5 rings (SSSR count). The van der Waals surface area contributed by atoms with Gasteiger partial charge in [-0.3, -0.25) is 15.4 Å². The highest BCUT2D eigenvalue weighted by molar-refractivity contribution is 6.31. The summed E-state index contributed by atoms with van der Waals surface area (Å²) in [4.78, 5) is 34.8. The molecule has 0 saturated carbocycles. The summed E-state index contributed by atoms with van der Waals surface area (Å²) >= 11 is 12.5. The molecule has 3 N–H and O–H groups in total. The van der Waals surface area contributed by atoms with Crippen molar-refractivity contribution >= 4 is 46.6 Å². The molecule has 0 bridgehead atoms. The summed E-state index contributed by atoms with van der Waals surface area (Å²) in [7, 11) is 0. The molecule has 1 spiro atoms. The fourth-order valence-electron chi connectivity index (χ4n) is 5.68. The Kier molecular flexibility index (Phi) is 7.17. The first-order chi connectivity index (χ1) is 18.9. The minimum absolute atomic E-state index is 0.0640. The molecule has 4 atom stereocenters. The number of nitrogens with one attached hydrogen (secondary N) is 3. The van der Waals surface area contributed by atoms with E-state index in [2.05, 4.69) is 25.9 Å². The zero-order chi connectivity index (χ0) is 28.8.